The molecule has 1 aromatic rings. The lowest BCUT2D eigenvalue weighted by molar-refractivity contribution is -0.0624. The van der Waals surface area contributed by atoms with Crippen LogP contribution in [0.15, 0.2) is 18.2 Å². The summed E-state index contributed by atoms with van der Waals surface area (Å²) in [7, 11) is 3.21. The maximum atomic E-state index is 5.59. The SMILES string of the molecule is CCO[C@H](C)Oc1cc(OC)ccc1OC. The Balaban J connectivity index is 2.82. The fraction of sp³-hybridized carbons (Fsp3) is 0.500. The Kier molecular flexibility index (Phi) is 4.92. The van der Waals surface area contributed by atoms with E-state index < -0.39 is 0 Å². The molecule has 0 radical (unpaired) electrons. The summed E-state index contributed by atoms with van der Waals surface area (Å²) in [6, 6.07) is 5.39. The molecule has 90 valence electrons. The van der Waals surface area contributed by atoms with E-state index in [1.54, 1.807) is 26.4 Å². The van der Waals surface area contributed by atoms with Crippen LogP contribution in [0.1, 0.15) is 13.8 Å². The van der Waals surface area contributed by atoms with Gasteiger partial charge in [0.25, 0.3) is 0 Å². The molecule has 0 fully saturated rings. The number of ether oxygens (including phenoxy) is 4. The fourth-order valence-electron chi connectivity index (χ4n) is 1.32. The van der Waals surface area contributed by atoms with Gasteiger partial charge < -0.3 is 18.9 Å². The zero-order valence-corrected chi connectivity index (χ0v) is 10.1. The lowest BCUT2D eigenvalue weighted by Gasteiger charge is -2.17. The highest BCUT2D eigenvalue weighted by Crippen LogP contribution is 2.31. The van der Waals surface area contributed by atoms with Crippen LogP contribution in [0.4, 0.5) is 0 Å². The van der Waals surface area contributed by atoms with E-state index in [-0.39, 0.29) is 6.29 Å². The van der Waals surface area contributed by atoms with Crippen molar-refractivity contribution in [3.05, 3.63) is 18.2 Å². The van der Waals surface area contributed by atoms with E-state index in [0.29, 0.717) is 18.1 Å². The minimum atomic E-state index is -0.314. The minimum absolute atomic E-state index is 0.314. The van der Waals surface area contributed by atoms with Crippen LogP contribution < -0.4 is 14.2 Å². The number of rotatable bonds is 6. The Morgan fingerprint density at radius 2 is 1.88 bits per heavy atom. The normalized spacial score (nSPS) is 12.0. The van der Waals surface area contributed by atoms with Gasteiger partial charge in [-0.05, 0) is 26.0 Å². The van der Waals surface area contributed by atoms with Gasteiger partial charge in [-0.15, -0.1) is 0 Å². The van der Waals surface area contributed by atoms with Crippen LogP contribution in [-0.2, 0) is 4.74 Å². The van der Waals surface area contributed by atoms with Crippen molar-refractivity contribution in [3.8, 4) is 17.2 Å². The molecule has 0 spiro atoms. The highest BCUT2D eigenvalue weighted by Gasteiger charge is 2.10. The molecule has 0 aliphatic carbocycles. The van der Waals surface area contributed by atoms with Crippen molar-refractivity contribution >= 4 is 0 Å². The largest absolute Gasteiger partial charge is 0.497 e. The van der Waals surface area contributed by atoms with Crippen molar-refractivity contribution in [2.75, 3.05) is 20.8 Å². The summed E-state index contributed by atoms with van der Waals surface area (Å²) in [6.07, 6.45) is -0.314. The Labute approximate surface area is 96.1 Å². The summed E-state index contributed by atoms with van der Waals surface area (Å²) >= 11 is 0. The maximum absolute atomic E-state index is 5.59. The minimum Gasteiger partial charge on any atom is -0.497 e. The van der Waals surface area contributed by atoms with Crippen LogP contribution in [0.2, 0.25) is 0 Å². The molecule has 4 heteroatoms. The Bertz CT molecular complexity index is 325. The zero-order valence-electron chi connectivity index (χ0n) is 10.1. The van der Waals surface area contributed by atoms with Crippen molar-refractivity contribution in [3.63, 3.8) is 0 Å². The molecule has 1 aromatic carbocycles. The molecule has 16 heavy (non-hydrogen) atoms. The average Bonchev–Trinajstić information content (AvgIpc) is 2.29. The van der Waals surface area contributed by atoms with E-state index in [4.69, 9.17) is 18.9 Å². The van der Waals surface area contributed by atoms with Gasteiger partial charge >= 0.3 is 0 Å². The summed E-state index contributed by atoms with van der Waals surface area (Å²) in [6.45, 7) is 4.36. The maximum Gasteiger partial charge on any atom is 0.197 e. The highest BCUT2D eigenvalue weighted by atomic mass is 16.7. The molecule has 0 bridgehead atoms. The first-order chi connectivity index (χ1) is 7.71. The van der Waals surface area contributed by atoms with Crippen molar-refractivity contribution in [2.45, 2.75) is 20.1 Å². The van der Waals surface area contributed by atoms with E-state index >= 15 is 0 Å². The van der Waals surface area contributed by atoms with Crippen LogP contribution in [0, 0.1) is 0 Å². The van der Waals surface area contributed by atoms with Gasteiger partial charge in [0, 0.05) is 12.7 Å². The fourth-order valence-corrected chi connectivity index (χ4v) is 1.32. The van der Waals surface area contributed by atoms with Gasteiger partial charge in [-0.2, -0.15) is 0 Å². The molecule has 0 saturated carbocycles. The van der Waals surface area contributed by atoms with E-state index in [0.717, 1.165) is 5.75 Å². The molecule has 1 atom stereocenters. The molecule has 0 aliphatic heterocycles. The first-order valence-corrected chi connectivity index (χ1v) is 5.21. The lowest BCUT2D eigenvalue weighted by Crippen LogP contribution is -2.16. The first kappa shape index (κ1) is 12.6. The zero-order chi connectivity index (χ0) is 12.0. The van der Waals surface area contributed by atoms with Crippen molar-refractivity contribution in [2.24, 2.45) is 0 Å². The quantitative estimate of drug-likeness (QED) is 0.698. The third-order valence-corrected chi connectivity index (χ3v) is 2.07. The Hall–Kier alpha value is -1.42. The van der Waals surface area contributed by atoms with Crippen LogP contribution in [0.5, 0.6) is 17.2 Å². The standard InChI is InChI=1S/C12H18O4/c1-5-15-9(2)16-12-8-10(13-3)6-7-11(12)14-4/h6-9H,5H2,1-4H3/t9-/m0/s1. The van der Waals surface area contributed by atoms with Crippen LogP contribution >= 0.6 is 0 Å². The van der Waals surface area contributed by atoms with Crippen molar-refractivity contribution in [1.82, 2.24) is 0 Å². The van der Waals surface area contributed by atoms with E-state index in [2.05, 4.69) is 0 Å². The van der Waals surface area contributed by atoms with Crippen LogP contribution in [0.3, 0.4) is 0 Å². The predicted molar refractivity (Wildman–Crippen MR) is 61.3 cm³/mol. The van der Waals surface area contributed by atoms with Crippen LogP contribution in [-0.4, -0.2) is 27.1 Å². The van der Waals surface area contributed by atoms with Crippen molar-refractivity contribution < 1.29 is 18.9 Å². The predicted octanol–water partition coefficient (Wildman–Crippen LogP) is 2.47. The third kappa shape index (κ3) is 3.31. The average molecular weight is 226 g/mol. The van der Waals surface area contributed by atoms with Gasteiger partial charge in [0.1, 0.15) is 5.75 Å². The topological polar surface area (TPSA) is 36.9 Å². The van der Waals surface area contributed by atoms with Crippen LogP contribution in [0.25, 0.3) is 0 Å². The van der Waals surface area contributed by atoms with Gasteiger partial charge in [0.2, 0.25) is 0 Å². The molecule has 0 heterocycles. The van der Waals surface area contributed by atoms with Crippen molar-refractivity contribution in [1.29, 1.82) is 0 Å². The lowest BCUT2D eigenvalue weighted by atomic mass is 10.3. The van der Waals surface area contributed by atoms with Gasteiger partial charge in [-0.25, -0.2) is 0 Å². The van der Waals surface area contributed by atoms with E-state index in [1.165, 1.54) is 0 Å². The number of hydrogen-bond acceptors (Lipinski definition) is 4. The third-order valence-electron chi connectivity index (χ3n) is 2.07. The Morgan fingerprint density at radius 3 is 2.44 bits per heavy atom. The molecule has 4 nitrogen and oxygen atoms in total. The molecule has 0 saturated heterocycles. The van der Waals surface area contributed by atoms with E-state index in [9.17, 15) is 0 Å². The second kappa shape index (κ2) is 6.23. The summed E-state index contributed by atoms with van der Waals surface area (Å²) in [5.41, 5.74) is 0. The van der Waals surface area contributed by atoms with Gasteiger partial charge in [0.15, 0.2) is 17.8 Å². The molecule has 1 rings (SSSR count). The second-order valence-corrected chi connectivity index (χ2v) is 3.16. The second-order valence-electron chi connectivity index (χ2n) is 3.16. The number of benzene rings is 1. The first-order valence-electron chi connectivity index (χ1n) is 5.21. The summed E-state index contributed by atoms with van der Waals surface area (Å²) in [4.78, 5) is 0. The summed E-state index contributed by atoms with van der Waals surface area (Å²) in [5, 5.41) is 0. The number of hydrogen-bond donors (Lipinski definition) is 0. The highest BCUT2D eigenvalue weighted by molar-refractivity contribution is 5.45. The molecule has 0 aliphatic rings. The molecule has 0 N–H and O–H groups in total. The van der Waals surface area contributed by atoms with Gasteiger partial charge in [-0.3, -0.25) is 0 Å². The van der Waals surface area contributed by atoms with E-state index in [1.807, 2.05) is 19.9 Å². The Morgan fingerprint density at radius 1 is 1.12 bits per heavy atom. The smallest absolute Gasteiger partial charge is 0.197 e. The molecule has 0 unspecified atom stereocenters. The number of methoxy groups -OCH3 is 2. The summed E-state index contributed by atoms with van der Waals surface area (Å²) < 4.78 is 21.2. The monoisotopic (exact) mass is 226 g/mol. The molecular weight excluding hydrogens is 208 g/mol. The molecular formula is C12H18O4. The van der Waals surface area contributed by atoms with Gasteiger partial charge in [-0.1, -0.05) is 0 Å². The molecule has 0 amide bonds. The van der Waals surface area contributed by atoms with Gasteiger partial charge in [0.05, 0.1) is 14.2 Å². The molecule has 0 aromatic heterocycles. The summed E-state index contributed by atoms with van der Waals surface area (Å²) in [5.74, 6) is 2.00.